The number of aromatic nitrogens is 5. The molecule has 11 heteroatoms. The largest absolute Gasteiger partial charge is 0.467 e. The van der Waals surface area contributed by atoms with E-state index in [0.29, 0.717) is 30.2 Å². The number of ether oxygens (including phenoxy) is 1. The molecule has 2 unspecified atom stereocenters. The summed E-state index contributed by atoms with van der Waals surface area (Å²) in [5.41, 5.74) is 2.55. The minimum atomic E-state index is -0.541. The van der Waals surface area contributed by atoms with Crippen LogP contribution in [0.5, 0.6) is 6.01 Å². The Morgan fingerprint density at radius 1 is 1.14 bits per heavy atom. The third-order valence-electron chi connectivity index (χ3n) is 7.45. The highest BCUT2D eigenvalue weighted by atomic mass is 16.5. The van der Waals surface area contributed by atoms with E-state index >= 15 is 0 Å². The normalized spacial score (nSPS) is 21.9. The molecule has 1 aliphatic carbocycles. The lowest BCUT2D eigenvalue weighted by atomic mass is 10.0. The van der Waals surface area contributed by atoms with E-state index in [0.717, 1.165) is 43.6 Å². The number of nitrogens with one attached hydrogen (secondary N) is 3. The number of carbonyl (C=O) groups excluding carboxylic acids is 1. The molecule has 188 valence electrons. The van der Waals surface area contributed by atoms with Crippen LogP contribution in [-0.2, 0) is 12.1 Å². The molecule has 2 aromatic heterocycles. The van der Waals surface area contributed by atoms with E-state index < -0.39 is 5.54 Å². The number of fused-ring (bicyclic) bond motifs is 1. The van der Waals surface area contributed by atoms with E-state index in [2.05, 4.69) is 52.8 Å². The van der Waals surface area contributed by atoms with Crippen LogP contribution in [0.1, 0.15) is 55.8 Å². The number of carbonyl (C=O) groups is 1. The Labute approximate surface area is 209 Å². The van der Waals surface area contributed by atoms with Gasteiger partial charge in [0.15, 0.2) is 5.82 Å². The van der Waals surface area contributed by atoms with Crippen molar-refractivity contribution < 1.29 is 9.53 Å². The van der Waals surface area contributed by atoms with Crippen molar-refractivity contribution >= 4 is 23.7 Å². The van der Waals surface area contributed by atoms with Gasteiger partial charge in [-0.25, -0.2) is 4.79 Å². The second-order valence-electron chi connectivity index (χ2n) is 10.1. The summed E-state index contributed by atoms with van der Waals surface area (Å²) in [4.78, 5) is 30.7. The van der Waals surface area contributed by atoms with Gasteiger partial charge in [0.25, 0.3) is 0 Å². The molecule has 6 rings (SSSR count). The van der Waals surface area contributed by atoms with Gasteiger partial charge in [0, 0.05) is 30.6 Å². The van der Waals surface area contributed by atoms with Gasteiger partial charge in [-0.3, -0.25) is 5.10 Å². The number of aromatic amines is 1. The molecule has 36 heavy (non-hydrogen) atoms. The molecule has 1 aromatic carbocycles. The Morgan fingerprint density at radius 3 is 2.67 bits per heavy atom. The highest BCUT2D eigenvalue weighted by Crippen LogP contribution is 2.43. The SMILES string of the molecule is COc1nc(Nc2n[nH]c3c2CN(C(=O)NC2CC2c2ccccc2)C3(C)C)nc(N2CCCC2)n1. The molecule has 1 saturated carbocycles. The van der Waals surface area contributed by atoms with Crippen molar-refractivity contribution in [2.75, 3.05) is 30.4 Å². The summed E-state index contributed by atoms with van der Waals surface area (Å²) in [6.07, 6.45) is 3.19. The van der Waals surface area contributed by atoms with E-state index in [9.17, 15) is 4.79 Å². The van der Waals surface area contributed by atoms with Crippen LogP contribution in [0, 0.1) is 0 Å². The van der Waals surface area contributed by atoms with Crippen LogP contribution < -0.4 is 20.3 Å². The molecule has 3 aliphatic rings. The van der Waals surface area contributed by atoms with E-state index in [1.54, 1.807) is 7.11 Å². The topological polar surface area (TPSA) is 124 Å². The fourth-order valence-electron chi connectivity index (χ4n) is 5.26. The van der Waals surface area contributed by atoms with Gasteiger partial charge in [0.1, 0.15) is 0 Å². The summed E-state index contributed by atoms with van der Waals surface area (Å²) in [5, 5.41) is 14.1. The van der Waals surface area contributed by atoms with E-state index in [1.165, 1.54) is 5.56 Å². The van der Waals surface area contributed by atoms with Crippen LogP contribution in [0.3, 0.4) is 0 Å². The van der Waals surface area contributed by atoms with E-state index in [4.69, 9.17) is 4.74 Å². The lowest BCUT2D eigenvalue weighted by Crippen LogP contribution is -2.47. The first-order valence-electron chi connectivity index (χ1n) is 12.5. The van der Waals surface area contributed by atoms with Crippen molar-refractivity contribution in [3.8, 4) is 6.01 Å². The van der Waals surface area contributed by atoms with Crippen LogP contribution in [0.15, 0.2) is 30.3 Å². The lowest BCUT2D eigenvalue weighted by molar-refractivity contribution is 0.142. The number of amides is 2. The molecule has 2 aliphatic heterocycles. The monoisotopic (exact) mass is 489 g/mol. The number of benzene rings is 1. The van der Waals surface area contributed by atoms with Crippen LogP contribution in [-0.4, -0.2) is 62.3 Å². The predicted molar refractivity (Wildman–Crippen MR) is 134 cm³/mol. The van der Waals surface area contributed by atoms with Crippen molar-refractivity contribution in [2.45, 2.75) is 57.2 Å². The number of H-pyrrole nitrogens is 1. The zero-order valence-corrected chi connectivity index (χ0v) is 20.8. The Hall–Kier alpha value is -3.89. The van der Waals surface area contributed by atoms with Crippen molar-refractivity contribution in [1.29, 1.82) is 0 Å². The average Bonchev–Trinajstić information content (AvgIpc) is 3.21. The van der Waals surface area contributed by atoms with Crippen LogP contribution in [0.4, 0.5) is 22.5 Å². The van der Waals surface area contributed by atoms with Gasteiger partial charge in [-0.15, -0.1) is 0 Å². The molecule has 1 saturated heterocycles. The van der Waals surface area contributed by atoms with Gasteiger partial charge in [0.05, 0.1) is 24.9 Å². The standard InChI is InChI=1S/C25H31N9O2/c1-25(2)19-17(14-34(25)24(35)26-18-13-16(18)15-9-5-4-6-10-15)20(32-31-19)27-21-28-22(30-23(29-21)36-3)33-11-7-8-12-33/h4-6,9-10,16,18H,7-8,11-14H2,1-3H3,(H,26,35)(H2,27,28,29,30,31,32). The maximum Gasteiger partial charge on any atom is 0.322 e. The average molecular weight is 490 g/mol. The third kappa shape index (κ3) is 3.98. The Morgan fingerprint density at radius 2 is 1.92 bits per heavy atom. The highest BCUT2D eigenvalue weighted by molar-refractivity contribution is 5.78. The van der Waals surface area contributed by atoms with Crippen LogP contribution >= 0.6 is 0 Å². The van der Waals surface area contributed by atoms with Gasteiger partial charge >= 0.3 is 12.0 Å². The molecule has 2 amide bonds. The molecule has 0 spiro atoms. The fraction of sp³-hybridized carbons (Fsp3) is 0.480. The summed E-state index contributed by atoms with van der Waals surface area (Å²) in [6.45, 7) is 6.30. The second-order valence-corrected chi connectivity index (χ2v) is 10.1. The van der Waals surface area contributed by atoms with Crippen LogP contribution in [0.2, 0.25) is 0 Å². The number of methoxy groups -OCH3 is 1. The minimum Gasteiger partial charge on any atom is -0.467 e. The second kappa shape index (κ2) is 8.65. The van der Waals surface area contributed by atoms with Gasteiger partial charge < -0.3 is 25.2 Å². The van der Waals surface area contributed by atoms with Crippen molar-refractivity contribution in [1.82, 2.24) is 35.4 Å². The fourth-order valence-corrected chi connectivity index (χ4v) is 5.26. The first-order chi connectivity index (χ1) is 17.4. The number of hydrogen-bond acceptors (Lipinski definition) is 8. The predicted octanol–water partition coefficient (Wildman–Crippen LogP) is 3.26. The maximum atomic E-state index is 13.3. The molecule has 3 N–H and O–H groups in total. The number of anilines is 3. The van der Waals surface area contributed by atoms with E-state index in [1.807, 2.05) is 36.9 Å². The first kappa shape index (κ1) is 22.6. The van der Waals surface area contributed by atoms with Crippen molar-refractivity contribution in [3.05, 3.63) is 47.2 Å². The number of hydrogen-bond donors (Lipinski definition) is 3. The van der Waals surface area contributed by atoms with Gasteiger partial charge in [-0.2, -0.15) is 20.1 Å². The summed E-state index contributed by atoms with van der Waals surface area (Å²) in [5.74, 6) is 1.93. The quantitative estimate of drug-likeness (QED) is 0.482. The summed E-state index contributed by atoms with van der Waals surface area (Å²) in [6, 6.07) is 10.7. The molecule has 3 aromatic rings. The summed E-state index contributed by atoms with van der Waals surface area (Å²) >= 11 is 0. The zero-order chi connectivity index (χ0) is 24.9. The number of nitrogens with zero attached hydrogens (tertiary/aromatic N) is 6. The molecule has 2 fully saturated rings. The van der Waals surface area contributed by atoms with Gasteiger partial charge in [0.2, 0.25) is 11.9 Å². The minimum absolute atomic E-state index is 0.0721. The lowest BCUT2D eigenvalue weighted by Gasteiger charge is -2.32. The molecule has 0 radical (unpaired) electrons. The molecule has 2 atom stereocenters. The third-order valence-corrected chi connectivity index (χ3v) is 7.45. The number of rotatable bonds is 6. The zero-order valence-electron chi connectivity index (χ0n) is 20.8. The summed E-state index contributed by atoms with van der Waals surface area (Å²) in [7, 11) is 1.54. The number of urea groups is 1. The first-order valence-corrected chi connectivity index (χ1v) is 12.5. The Balaban J connectivity index is 1.18. The molecule has 11 nitrogen and oxygen atoms in total. The van der Waals surface area contributed by atoms with Crippen LogP contribution in [0.25, 0.3) is 0 Å². The van der Waals surface area contributed by atoms with Gasteiger partial charge in [-0.05, 0) is 38.7 Å². The Bertz CT molecular complexity index is 1270. The van der Waals surface area contributed by atoms with Gasteiger partial charge in [-0.1, -0.05) is 30.3 Å². The Kier molecular flexibility index (Phi) is 5.42. The van der Waals surface area contributed by atoms with Crippen molar-refractivity contribution in [2.24, 2.45) is 0 Å². The molecule has 0 bridgehead atoms. The molecule has 4 heterocycles. The molecular weight excluding hydrogens is 458 g/mol. The maximum absolute atomic E-state index is 13.3. The smallest absolute Gasteiger partial charge is 0.322 e. The summed E-state index contributed by atoms with van der Waals surface area (Å²) < 4.78 is 5.31. The van der Waals surface area contributed by atoms with Crippen molar-refractivity contribution in [3.63, 3.8) is 0 Å². The molecular formula is C25H31N9O2. The highest BCUT2D eigenvalue weighted by Gasteiger charge is 2.46. The van der Waals surface area contributed by atoms with E-state index in [-0.39, 0.29) is 18.1 Å².